The second-order valence-electron chi connectivity index (χ2n) is 7.79. The molecule has 0 radical (unpaired) electrons. The highest BCUT2D eigenvalue weighted by molar-refractivity contribution is 8.00. The van der Waals surface area contributed by atoms with E-state index in [1.807, 2.05) is 11.8 Å². The van der Waals surface area contributed by atoms with Gasteiger partial charge in [-0.15, -0.1) is 0 Å². The lowest BCUT2D eigenvalue weighted by Gasteiger charge is -2.16. The van der Waals surface area contributed by atoms with Crippen molar-refractivity contribution in [2.75, 3.05) is 12.3 Å². The van der Waals surface area contributed by atoms with Gasteiger partial charge >= 0.3 is 29.9 Å². The number of aliphatic carboxylic acids is 4. The highest BCUT2D eigenvalue weighted by Crippen LogP contribution is 2.33. The largest absolute Gasteiger partial charge is 0.481 e. The van der Waals surface area contributed by atoms with Crippen molar-refractivity contribution >= 4 is 41.7 Å². The normalized spacial score (nSPS) is 25.8. The molecule has 0 bridgehead atoms. The average Bonchev–Trinajstić information content (AvgIpc) is 3.44. The molecule has 5 atom stereocenters. The first-order valence-electron chi connectivity index (χ1n) is 10.6. The Morgan fingerprint density at radius 1 is 1.06 bits per heavy atom. The van der Waals surface area contributed by atoms with E-state index in [0.717, 1.165) is 44.4 Å². The van der Waals surface area contributed by atoms with Gasteiger partial charge in [-0.25, -0.2) is 4.79 Å². The second-order valence-corrected chi connectivity index (χ2v) is 9.06. The minimum atomic E-state index is -1.29. The zero-order valence-corrected chi connectivity index (χ0v) is 18.9. The highest BCUT2D eigenvalue weighted by Gasteiger charge is 2.42. The number of hydrogen-bond acceptors (Lipinski definition) is 8. The van der Waals surface area contributed by atoms with E-state index in [4.69, 9.17) is 26.2 Å². The molecule has 0 saturated carbocycles. The number of amides is 2. The first-order valence-corrected chi connectivity index (χ1v) is 11.6. The van der Waals surface area contributed by atoms with Gasteiger partial charge in [0.15, 0.2) is 0 Å². The summed E-state index contributed by atoms with van der Waals surface area (Å²) in [7, 11) is 0. The highest BCUT2D eigenvalue weighted by atomic mass is 32.2. The lowest BCUT2D eigenvalue weighted by molar-refractivity contribution is -0.144. The molecule has 9 N–H and O–H groups in total. The number of carbonyl (C=O) groups excluding carboxylic acids is 1. The van der Waals surface area contributed by atoms with E-state index in [-0.39, 0.29) is 30.6 Å². The Morgan fingerprint density at radius 3 is 2.21 bits per heavy atom. The van der Waals surface area contributed by atoms with Crippen molar-refractivity contribution in [2.45, 2.75) is 74.4 Å². The van der Waals surface area contributed by atoms with Crippen LogP contribution in [-0.2, 0) is 19.2 Å². The van der Waals surface area contributed by atoms with Crippen molar-refractivity contribution in [1.82, 2.24) is 16.0 Å². The number of urea groups is 1. The Hall–Kier alpha value is -2.58. The van der Waals surface area contributed by atoms with E-state index >= 15 is 0 Å². The number of thioether (sulfide) groups is 1. The third-order valence-electron chi connectivity index (χ3n) is 5.14. The van der Waals surface area contributed by atoms with Crippen LogP contribution in [0.5, 0.6) is 0 Å². The van der Waals surface area contributed by atoms with Crippen LogP contribution in [0.3, 0.4) is 0 Å². The van der Waals surface area contributed by atoms with Gasteiger partial charge in [-0.3, -0.25) is 19.2 Å². The summed E-state index contributed by atoms with van der Waals surface area (Å²) >= 11 is 1.87. The molecule has 3 fully saturated rings. The Labute approximate surface area is 194 Å². The van der Waals surface area contributed by atoms with E-state index in [1.165, 1.54) is 0 Å². The third kappa shape index (κ3) is 11.2. The van der Waals surface area contributed by atoms with Crippen molar-refractivity contribution in [3.8, 4) is 0 Å². The molecular weight excluding hydrogens is 460 g/mol. The maximum atomic E-state index is 11.1. The molecule has 188 valence electrons. The van der Waals surface area contributed by atoms with Crippen LogP contribution >= 0.6 is 11.8 Å². The van der Waals surface area contributed by atoms with Crippen LogP contribution in [0.25, 0.3) is 0 Å². The Morgan fingerprint density at radius 2 is 1.76 bits per heavy atom. The summed E-state index contributed by atoms with van der Waals surface area (Å²) in [6.45, 7) is 0.858. The van der Waals surface area contributed by atoms with Gasteiger partial charge in [-0.1, -0.05) is 6.42 Å². The van der Waals surface area contributed by atoms with Crippen LogP contribution in [0.15, 0.2) is 0 Å². The standard InChI is InChI=1S/C10H16N2O3S.C5H9NO2.C4H7NO4/c13-8(14)4-2-1-3-7-9-6(5-16-7)11-10(15)12-9;7-5(8)4-2-1-3-6-4;5-2(4(8)9)1-3(6)7/h6-7,9H,1-5H2,(H,13,14)(H2,11,12,15);4,6H,1-3H2,(H,7,8);2H,1,5H2,(H,6,7)(H,8,9)/t6-,7-,9-;4-;/m00./s1. The molecule has 33 heavy (non-hydrogen) atoms. The van der Waals surface area contributed by atoms with Gasteiger partial charge in [-0.2, -0.15) is 11.8 Å². The summed E-state index contributed by atoms with van der Waals surface area (Å²) in [5.74, 6) is -2.98. The minimum Gasteiger partial charge on any atom is -0.481 e. The lowest BCUT2D eigenvalue weighted by atomic mass is 10.0. The zero-order chi connectivity index (χ0) is 25.0. The number of unbranched alkanes of at least 4 members (excludes halogenated alkanes) is 1. The molecule has 2 amide bonds. The van der Waals surface area contributed by atoms with Gasteiger partial charge in [0.2, 0.25) is 0 Å². The molecule has 0 aliphatic carbocycles. The van der Waals surface area contributed by atoms with Crippen LogP contribution < -0.4 is 21.7 Å². The second kappa shape index (κ2) is 14.5. The molecule has 0 aromatic heterocycles. The Balaban J connectivity index is 0.000000273. The van der Waals surface area contributed by atoms with E-state index in [2.05, 4.69) is 16.0 Å². The van der Waals surface area contributed by atoms with Gasteiger partial charge < -0.3 is 42.1 Å². The van der Waals surface area contributed by atoms with E-state index < -0.39 is 36.3 Å². The summed E-state index contributed by atoms with van der Waals surface area (Å²) in [6, 6.07) is -1.12. The fourth-order valence-electron chi connectivity index (χ4n) is 3.44. The van der Waals surface area contributed by atoms with E-state index in [1.54, 1.807) is 0 Å². The number of carboxylic acids is 4. The number of nitrogens with one attached hydrogen (secondary N) is 3. The maximum Gasteiger partial charge on any atom is 0.321 e. The molecule has 0 aromatic carbocycles. The summed E-state index contributed by atoms with van der Waals surface area (Å²) < 4.78 is 0. The Kier molecular flexibility index (Phi) is 12.5. The fourth-order valence-corrected chi connectivity index (χ4v) is 4.98. The summed E-state index contributed by atoms with van der Waals surface area (Å²) in [5, 5.41) is 42.0. The summed E-state index contributed by atoms with van der Waals surface area (Å²) in [6.07, 6.45) is 4.13. The number of carboxylic acid groups (broad SMARTS) is 4. The van der Waals surface area contributed by atoms with E-state index in [0.29, 0.717) is 5.25 Å². The van der Waals surface area contributed by atoms with Crippen LogP contribution in [-0.4, -0.2) is 92.0 Å². The minimum absolute atomic E-state index is 0.0640. The first-order chi connectivity index (χ1) is 15.5. The quantitative estimate of drug-likeness (QED) is 0.150. The monoisotopic (exact) mass is 492 g/mol. The maximum absolute atomic E-state index is 11.1. The zero-order valence-electron chi connectivity index (χ0n) is 18.1. The molecule has 3 aliphatic heterocycles. The number of fused-ring (bicyclic) bond motifs is 1. The Bertz CT molecular complexity index is 703. The molecule has 3 rings (SSSR count). The molecule has 3 heterocycles. The molecule has 3 aliphatic rings. The number of nitrogens with two attached hydrogens (primary N) is 1. The van der Waals surface area contributed by atoms with Gasteiger partial charge in [0.25, 0.3) is 0 Å². The van der Waals surface area contributed by atoms with Crippen LogP contribution in [0, 0.1) is 0 Å². The molecule has 14 heteroatoms. The predicted molar refractivity (Wildman–Crippen MR) is 118 cm³/mol. The van der Waals surface area contributed by atoms with Gasteiger partial charge in [-0.05, 0) is 32.2 Å². The van der Waals surface area contributed by atoms with Crippen LogP contribution in [0.1, 0.15) is 44.9 Å². The van der Waals surface area contributed by atoms with E-state index in [9.17, 15) is 24.0 Å². The lowest BCUT2D eigenvalue weighted by Crippen LogP contribution is -2.36. The topological polar surface area (TPSA) is 228 Å². The van der Waals surface area contributed by atoms with Gasteiger partial charge in [0, 0.05) is 17.4 Å². The number of carbonyl (C=O) groups is 5. The smallest absolute Gasteiger partial charge is 0.321 e. The number of hydrogen-bond donors (Lipinski definition) is 8. The third-order valence-corrected chi connectivity index (χ3v) is 6.65. The molecule has 13 nitrogen and oxygen atoms in total. The summed E-state index contributed by atoms with van der Waals surface area (Å²) in [4.78, 5) is 51.2. The number of rotatable bonds is 9. The summed E-state index contributed by atoms with van der Waals surface area (Å²) in [5.41, 5.74) is 4.84. The molecule has 0 spiro atoms. The van der Waals surface area contributed by atoms with Crippen molar-refractivity contribution in [2.24, 2.45) is 5.73 Å². The predicted octanol–water partition coefficient (Wildman–Crippen LogP) is -0.507. The van der Waals surface area contributed by atoms with Crippen molar-refractivity contribution < 1.29 is 44.4 Å². The molecule has 0 aromatic rings. The SMILES string of the molecule is NC(CC(=O)O)C(=O)O.O=C(O)CCCC[C@@H]1SC[C@@H]2NC(=O)N[C@@H]21.O=C(O)[C@@H]1CCCN1. The van der Waals surface area contributed by atoms with Crippen LogP contribution in [0.4, 0.5) is 4.79 Å². The molecular formula is C19H32N4O9S. The molecule has 1 unspecified atom stereocenters. The van der Waals surface area contributed by atoms with Crippen LogP contribution in [0.2, 0.25) is 0 Å². The van der Waals surface area contributed by atoms with Crippen molar-refractivity contribution in [1.29, 1.82) is 0 Å². The van der Waals surface area contributed by atoms with Gasteiger partial charge in [0.05, 0.1) is 18.5 Å². The van der Waals surface area contributed by atoms with Crippen molar-refractivity contribution in [3.05, 3.63) is 0 Å². The molecule has 3 saturated heterocycles. The van der Waals surface area contributed by atoms with Gasteiger partial charge in [0.1, 0.15) is 12.1 Å². The van der Waals surface area contributed by atoms with Crippen molar-refractivity contribution in [3.63, 3.8) is 0 Å². The first kappa shape index (κ1) is 28.5. The average molecular weight is 493 g/mol. The fraction of sp³-hybridized carbons (Fsp3) is 0.737.